The smallest absolute Gasteiger partial charge is 0.418 e. The molecule has 0 bridgehead atoms. The van der Waals surface area contributed by atoms with Gasteiger partial charge in [0, 0.05) is 23.7 Å². The zero-order valence-electron chi connectivity index (χ0n) is 16.3. The van der Waals surface area contributed by atoms with Crippen molar-refractivity contribution < 1.29 is 32.3 Å². The van der Waals surface area contributed by atoms with Crippen LogP contribution in [0, 0.1) is 12.8 Å². The first-order valence-corrected chi connectivity index (χ1v) is 9.64. The van der Waals surface area contributed by atoms with Crippen molar-refractivity contribution in [3.05, 3.63) is 58.6 Å². The molecule has 0 aromatic heterocycles. The van der Waals surface area contributed by atoms with Gasteiger partial charge in [-0.25, -0.2) is 0 Å². The summed E-state index contributed by atoms with van der Waals surface area (Å²) in [5, 5.41) is 2.57. The van der Waals surface area contributed by atoms with Gasteiger partial charge >= 0.3 is 12.1 Å². The first-order valence-electron chi connectivity index (χ1n) is 9.26. The number of hydrogen-bond acceptors (Lipinski definition) is 4. The van der Waals surface area contributed by atoms with Crippen LogP contribution in [0.15, 0.2) is 42.5 Å². The Hall–Kier alpha value is -3.07. The summed E-state index contributed by atoms with van der Waals surface area (Å²) in [7, 11) is 0. The zero-order valence-corrected chi connectivity index (χ0v) is 17.1. The van der Waals surface area contributed by atoms with Gasteiger partial charge in [-0.3, -0.25) is 14.4 Å². The molecule has 0 radical (unpaired) electrons. The molecular formula is C21H18ClF3N2O4. The van der Waals surface area contributed by atoms with E-state index in [1.807, 2.05) is 0 Å². The Bertz CT molecular complexity index is 1030. The molecule has 1 aliphatic heterocycles. The highest BCUT2D eigenvalue weighted by atomic mass is 35.5. The highest BCUT2D eigenvalue weighted by Gasteiger charge is 2.37. The van der Waals surface area contributed by atoms with E-state index in [0.29, 0.717) is 16.3 Å². The lowest BCUT2D eigenvalue weighted by Crippen LogP contribution is -2.28. The van der Waals surface area contributed by atoms with Gasteiger partial charge in [0.2, 0.25) is 5.91 Å². The molecule has 2 aromatic carbocycles. The van der Waals surface area contributed by atoms with Crippen molar-refractivity contribution in [1.82, 2.24) is 0 Å². The number of ether oxygens (including phenoxy) is 1. The van der Waals surface area contributed by atoms with Crippen molar-refractivity contribution in [2.45, 2.75) is 19.5 Å². The summed E-state index contributed by atoms with van der Waals surface area (Å²) in [6.07, 6.45) is -4.75. The molecule has 3 rings (SSSR count). The molecule has 164 valence electrons. The van der Waals surface area contributed by atoms with E-state index >= 15 is 0 Å². The highest BCUT2D eigenvalue weighted by Crippen LogP contribution is 2.35. The Balaban J connectivity index is 1.59. The summed E-state index contributed by atoms with van der Waals surface area (Å²) in [5.41, 5.74) is -0.179. The highest BCUT2D eigenvalue weighted by molar-refractivity contribution is 6.31. The molecule has 1 saturated heterocycles. The van der Waals surface area contributed by atoms with Crippen molar-refractivity contribution in [3.8, 4) is 0 Å². The zero-order chi connectivity index (χ0) is 22.8. The van der Waals surface area contributed by atoms with Crippen molar-refractivity contribution in [2.24, 2.45) is 5.92 Å². The van der Waals surface area contributed by atoms with Crippen LogP contribution in [0.5, 0.6) is 0 Å². The van der Waals surface area contributed by atoms with Crippen LogP contribution < -0.4 is 10.2 Å². The number of anilines is 2. The summed E-state index contributed by atoms with van der Waals surface area (Å²) < 4.78 is 43.9. The van der Waals surface area contributed by atoms with Crippen molar-refractivity contribution in [1.29, 1.82) is 0 Å². The third kappa shape index (κ3) is 5.16. The SMILES string of the molecule is Cc1c(Cl)cccc1N1C[C@H](C(=O)OCC(=O)Nc2ccccc2C(F)(F)F)CC1=O. The van der Waals surface area contributed by atoms with Crippen LogP contribution in [-0.4, -0.2) is 30.9 Å². The number of alkyl halides is 3. The average molecular weight is 455 g/mol. The fourth-order valence-electron chi connectivity index (χ4n) is 3.27. The maximum absolute atomic E-state index is 13.0. The van der Waals surface area contributed by atoms with E-state index in [0.717, 1.165) is 12.1 Å². The predicted octanol–water partition coefficient (Wildman–Crippen LogP) is 4.20. The maximum Gasteiger partial charge on any atom is 0.418 e. The Kier molecular flexibility index (Phi) is 6.54. The third-order valence-corrected chi connectivity index (χ3v) is 5.25. The molecule has 6 nitrogen and oxygen atoms in total. The van der Waals surface area contributed by atoms with Crippen LogP contribution in [0.25, 0.3) is 0 Å². The second kappa shape index (κ2) is 8.97. The number of nitrogens with one attached hydrogen (secondary N) is 1. The van der Waals surface area contributed by atoms with Gasteiger partial charge in [-0.2, -0.15) is 13.2 Å². The second-order valence-corrected chi connectivity index (χ2v) is 7.40. The van der Waals surface area contributed by atoms with Crippen LogP contribution in [-0.2, 0) is 25.3 Å². The number of nitrogens with zero attached hydrogens (tertiary/aromatic N) is 1. The number of halogens is 4. The fraction of sp³-hybridized carbons (Fsp3) is 0.286. The van der Waals surface area contributed by atoms with Crippen molar-refractivity contribution in [3.63, 3.8) is 0 Å². The fourth-order valence-corrected chi connectivity index (χ4v) is 3.44. The molecule has 1 N–H and O–H groups in total. The molecule has 1 atom stereocenters. The van der Waals surface area contributed by atoms with E-state index in [1.54, 1.807) is 25.1 Å². The molecule has 31 heavy (non-hydrogen) atoms. The number of amides is 2. The maximum atomic E-state index is 13.0. The number of benzene rings is 2. The summed E-state index contributed by atoms with van der Waals surface area (Å²) in [4.78, 5) is 38.1. The third-order valence-electron chi connectivity index (χ3n) is 4.84. The first kappa shape index (κ1) is 22.6. The van der Waals surface area contributed by atoms with Crippen LogP contribution in [0.1, 0.15) is 17.5 Å². The van der Waals surface area contributed by atoms with E-state index in [2.05, 4.69) is 5.32 Å². The topological polar surface area (TPSA) is 75.7 Å². The first-order chi connectivity index (χ1) is 14.6. The molecule has 1 aliphatic rings. The normalized spacial score (nSPS) is 16.4. The summed E-state index contributed by atoms with van der Waals surface area (Å²) >= 11 is 6.08. The van der Waals surface area contributed by atoms with Crippen LogP contribution in [0.4, 0.5) is 24.5 Å². The van der Waals surface area contributed by atoms with Crippen molar-refractivity contribution >= 4 is 40.8 Å². The summed E-state index contributed by atoms with van der Waals surface area (Å²) in [5.74, 6) is -2.80. The molecule has 2 amide bonds. The number of para-hydroxylation sites is 1. The lowest BCUT2D eigenvalue weighted by atomic mass is 10.1. The molecule has 0 spiro atoms. The second-order valence-electron chi connectivity index (χ2n) is 6.99. The van der Waals surface area contributed by atoms with Crippen molar-refractivity contribution in [2.75, 3.05) is 23.4 Å². The minimum atomic E-state index is -4.65. The lowest BCUT2D eigenvalue weighted by Gasteiger charge is -2.19. The minimum absolute atomic E-state index is 0.0530. The van der Waals surface area contributed by atoms with Gasteiger partial charge in [0.1, 0.15) is 0 Å². The molecule has 0 aliphatic carbocycles. The number of carbonyl (C=O) groups excluding carboxylic acids is 3. The Morgan fingerprint density at radius 3 is 2.61 bits per heavy atom. The van der Waals surface area contributed by atoms with E-state index < -0.39 is 41.8 Å². The van der Waals surface area contributed by atoms with Gasteiger partial charge < -0.3 is 15.0 Å². The van der Waals surface area contributed by atoms with Crippen LogP contribution in [0.2, 0.25) is 5.02 Å². The Labute approximate surface area is 180 Å². The minimum Gasteiger partial charge on any atom is -0.455 e. The van der Waals surface area contributed by atoms with E-state index in [9.17, 15) is 27.6 Å². The molecule has 0 saturated carbocycles. The number of esters is 1. The number of rotatable bonds is 5. The average Bonchev–Trinajstić information content (AvgIpc) is 3.09. The largest absolute Gasteiger partial charge is 0.455 e. The molecule has 10 heteroatoms. The Morgan fingerprint density at radius 1 is 1.19 bits per heavy atom. The van der Waals surface area contributed by atoms with E-state index in [1.165, 1.54) is 17.0 Å². The van der Waals surface area contributed by atoms with Gasteiger partial charge in [0.05, 0.1) is 17.2 Å². The molecular weight excluding hydrogens is 437 g/mol. The molecule has 1 fully saturated rings. The van der Waals surface area contributed by atoms with Gasteiger partial charge in [0.25, 0.3) is 5.91 Å². The Morgan fingerprint density at radius 2 is 1.90 bits per heavy atom. The van der Waals surface area contributed by atoms with Gasteiger partial charge in [0.15, 0.2) is 6.61 Å². The van der Waals surface area contributed by atoms with Gasteiger partial charge in [-0.15, -0.1) is 0 Å². The summed E-state index contributed by atoms with van der Waals surface area (Å²) in [6.45, 7) is 1.03. The van der Waals surface area contributed by atoms with Gasteiger partial charge in [-0.1, -0.05) is 29.8 Å². The summed E-state index contributed by atoms with van der Waals surface area (Å²) in [6, 6.07) is 9.55. The monoisotopic (exact) mass is 454 g/mol. The lowest BCUT2D eigenvalue weighted by molar-refractivity contribution is -0.151. The molecule has 1 heterocycles. The molecule has 2 aromatic rings. The van der Waals surface area contributed by atoms with E-state index in [4.69, 9.17) is 16.3 Å². The van der Waals surface area contributed by atoms with Crippen LogP contribution in [0.3, 0.4) is 0 Å². The quantitative estimate of drug-likeness (QED) is 0.687. The standard InChI is InChI=1S/C21H18ClF3N2O4/c1-12-15(22)6-4-8-17(12)27-10-13(9-19(27)29)20(30)31-11-18(28)26-16-7-3-2-5-14(16)21(23,24)25/h2-8,13H,9-11H2,1H3,(H,26,28)/t13-/m1/s1. The number of carbonyl (C=O) groups is 3. The van der Waals surface area contributed by atoms with Crippen LogP contribution >= 0.6 is 11.6 Å². The predicted molar refractivity (Wildman–Crippen MR) is 108 cm³/mol. The molecule has 0 unspecified atom stereocenters. The number of hydrogen-bond donors (Lipinski definition) is 1. The van der Waals surface area contributed by atoms with Gasteiger partial charge in [-0.05, 0) is 36.8 Å². The van der Waals surface area contributed by atoms with E-state index in [-0.39, 0.29) is 18.9 Å².